The molecule has 2 N–H and O–H groups in total. The highest BCUT2D eigenvalue weighted by molar-refractivity contribution is 5.96. The van der Waals surface area contributed by atoms with Gasteiger partial charge in [0.2, 0.25) is 0 Å². The van der Waals surface area contributed by atoms with Gasteiger partial charge in [-0.3, -0.25) is 19.7 Å². The molecule has 1 aliphatic carbocycles. The third-order valence-electron chi connectivity index (χ3n) is 3.13. The molecule has 8 heteroatoms. The predicted octanol–water partition coefficient (Wildman–Crippen LogP) is 1.01. The number of amides is 1. The van der Waals surface area contributed by atoms with Crippen LogP contribution in [-0.4, -0.2) is 41.5 Å². The summed E-state index contributed by atoms with van der Waals surface area (Å²) in [5, 5.41) is 22.6. The Morgan fingerprint density at radius 3 is 2.67 bits per heavy atom. The van der Waals surface area contributed by atoms with Gasteiger partial charge in [0.25, 0.3) is 11.6 Å². The predicted molar refractivity (Wildman–Crippen MR) is 74.5 cm³/mol. The first-order valence-electron chi connectivity index (χ1n) is 6.40. The van der Waals surface area contributed by atoms with E-state index >= 15 is 0 Å². The van der Waals surface area contributed by atoms with Gasteiger partial charge in [0.05, 0.1) is 4.92 Å². The van der Waals surface area contributed by atoms with Crippen LogP contribution in [-0.2, 0) is 4.79 Å². The van der Waals surface area contributed by atoms with Crippen LogP contribution in [0.1, 0.15) is 23.2 Å². The van der Waals surface area contributed by atoms with E-state index in [1.165, 1.54) is 30.1 Å². The van der Waals surface area contributed by atoms with E-state index in [1.807, 2.05) is 0 Å². The second kappa shape index (κ2) is 5.78. The highest BCUT2D eigenvalue weighted by Gasteiger charge is 2.26. The summed E-state index contributed by atoms with van der Waals surface area (Å²) in [5.74, 6) is -1.45. The SMILES string of the molecule is CN(CC(=O)O)c1ccc(C(=O)NC2CC2)cc1[N+](=O)[O-]. The van der Waals surface area contributed by atoms with Crippen molar-refractivity contribution in [1.29, 1.82) is 0 Å². The minimum Gasteiger partial charge on any atom is -0.480 e. The summed E-state index contributed by atoms with van der Waals surface area (Å²) in [6, 6.07) is 4.18. The molecule has 0 spiro atoms. The van der Waals surface area contributed by atoms with Crippen LogP contribution >= 0.6 is 0 Å². The molecular formula is C13H15N3O5. The first kappa shape index (κ1) is 14.8. The van der Waals surface area contributed by atoms with Crippen molar-refractivity contribution in [3.05, 3.63) is 33.9 Å². The third kappa shape index (κ3) is 3.68. The quantitative estimate of drug-likeness (QED) is 0.597. The van der Waals surface area contributed by atoms with Crippen LogP contribution in [0.4, 0.5) is 11.4 Å². The number of nitrogens with one attached hydrogen (secondary N) is 1. The number of benzene rings is 1. The first-order chi connectivity index (χ1) is 9.88. The molecule has 112 valence electrons. The second-order valence-electron chi connectivity index (χ2n) is 4.96. The zero-order chi connectivity index (χ0) is 15.6. The largest absolute Gasteiger partial charge is 0.480 e. The normalized spacial score (nSPS) is 13.6. The Balaban J connectivity index is 2.27. The van der Waals surface area contributed by atoms with E-state index in [2.05, 4.69) is 5.32 Å². The summed E-state index contributed by atoms with van der Waals surface area (Å²) in [6.07, 6.45) is 1.85. The van der Waals surface area contributed by atoms with Crippen LogP contribution in [0.2, 0.25) is 0 Å². The monoisotopic (exact) mass is 293 g/mol. The average Bonchev–Trinajstić information content (AvgIpc) is 3.21. The summed E-state index contributed by atoms with van der Waals surface area (Å²) in [5.41, 5.74) is 0.0636. The number of nitro benzene ring substituents is 1. The summed E-state index contributed by atoms with van der Waals surface area (Å²) in [7, 11) is 1.44. The van der Waals surface area contributed by atoms with Crippen molar-refractivity contribution in [2.45, 2.75) is 18.9 Å². The van der Waals surface area contributed by atoms with Crippen molar-refractivity contribution in [2.75, 3.05) is 18.5 Å². The minimum absolute atomic E-state index is 0.158. The Bertz CT molecular complexity index is 597. The van der Waals surface area contributed by atoms with E-state index in [0.717, 1.165) is 12.8 Å². The second-order valence-corrected chi connectivity index (χ2v) is 4.96. The van der Waals surface area contributed by atoms with Crippen molar-refractivity contribution < 1.29 is 19.6 Å². The Morgan fingerprint density at radius 1 is 1.48 bits per heavy atom. The molecule has 0 aliphatic heterocycles. The van der Waals surface area contributed by atoms with Crippen molar-refractivity contribution in [1.82, 2.24) is 5.32 Å². The average molecular weight is 293 g/mol. The van der Waals surface area contributed by atoms with E-state index in [-0.39, 0.29) is 35.4 Å². The number of carbonyl (C=O) groups is 2. The number of rotatable bonds is 6. The van der Waals surface area contributed by atoms with Gasteiger partial charge in [-0.2, -0.15) is 0 Å². The molecule has 8 nitrogen and oxygen atoms in total. The van der Waals surface area contributed by atoms with E-state index in [0.29, 0.717) is 0 Å². The number of likely N-dealkylation sites (N-methyl/N-ethyl adjacent to an activating group) is 1. The van der Waals surface area contributed by atoms with Crippen molar-refractivity contribution in [2.24, 2.45) is 0 Å². The summed E-state index contributed by atoms with van der Waals surface area (Å²) in [6.45, 7) is -0.367. The summed E-state index contributed by atoms with van der Waals surface area (Å²) >= 11 is 0. The molecule has 0 unspecified atom stereocenters. The fourth-order valence-electron chi connectivity index (χ4n) is 1.92. The van der Waals surface area contributed by atoms with Crippen LogP contribution in [0.3, 0.4) is 0 Å². The molecule has 0 bridgehead atoms. The van der Waals surface area contributed by atoms with Gasteiger partial charge in [-0.15, -0.1) is 0 Å². The van der Waals surface area contributed by atoms with Gasteiger partial charge >= 0.3 is 5.97 Å². The van der Waals surface area contributed by atoms with E-state index in [9.17, 15) is 19.7 Å². The zero-order valence-electron chi connectivity index (χ0n) is 11.4. The van der Waals surface area contributed by atoms with E-state index < -0.39 is 10.9 Å². The van der Waals surface area contributed by atoms with Crippen molar-refractivity contribution in [3.63, 3.8) is 0 Å². The molecule has 21 heavy (non-hydrogen) atoms. The number of hydrogen-bond acceptors (Lipinski definition) is 5. The number of nitro groups is 1. The number of carboxylic acids is 1. The van der Waals surface area contributed by atoms with Gasteiger partial charge in [-0.05, 0) is 25.0 Å². The highest BCUT2D eigenvalue weighted by Crippen LogP contribution is 2.29. The number of aliphatic carboxylic acids is 1. The summed E-state index contributed by atoms with van der Waals surface area (Å²) in [4.78, 5) is 34.3. The molecule has 1 saturated carbocycles. The van der Waals surface area contributed by atoms with Crippen LogP contribution in [0.5, 0.6) is 0 Å². The fraction of sp³-hybridized carbons (Fsp3) is 0.385. The van der Waals surface area contributed by atoms with Gasteiger partial charge < -0.3 is 15.3 Å². The van der Waals surface area contributed by atoms with Gasteiger partial charge in [0.1, 0.15) is 12.2 Å². The lowest BCUT2D eigenvalue weighted by molar-refractivity contribution is -0.384. The van der Waals surface area contributed by atoms with Crippen molar-refractivity contribution >= 4 is 23.3 Å². The zero-order valence-corrected chi connectivity index (χ0v) is 11.4. The Hall–Kier alpha value is -2.64. The molecule has 0 heterocycles. The maximum absolute atomic E-state index is 11.9. The lowest BCUT2D eigenvalue weighted by Gasteiger charge is -2.17. The Labute approximate surface area is 120 Å². The molecule has 0 atom stereocenters. The minimum atomic E-state index is -1.10. The fourth-order valence-corrected chi connectivity index (χ4v) is 1.92. The van der Waals surface area contributed by atoms with Gasteiger partial charge in [-0.25, -0.2) is 0 Å². The van der Waals surface area contributed by atoms with Gasteiger partial charge in [0, 0.05) is 24.7 Å². The molecule has 0 radical (unpaired) electrons. The molecule has 1 aromatic carbocycles. The van der Waals surface area contributed by atoms with Crippen LogP contribution in [0.15, 0.2) is 18.2 Å². The molecule has 1 aromatic rings. The van der Waals surface area contributed by atoms with E-state index in [1.54, 1.807) is 0 Å². The highest BCUT2D eigenvalue weighted by atomic mass is 16.6. The molecule has 1 amide bonds. The lowest BCUT2D eigenvalue weighted by Crippen LogP contribution is -2.27. The molecule has 2 rings (SSSR count). The Morgan fingerprint density at radius 2 is 2.14 bits per heavy atom. The third-order valence-corrected chi connectivity index (χ3v) is 3.13. The molecule has 0 saturated heterocycles. The molecule has 1 aliphatic rings. The number of carboxylic acid groups (broad SMARTS) is 1. The van der Waals surface area contributed by atoms with Crippen molar-refractivity contribution in [3.8, 4) is 0 Å². The number of hydrogen-bond donors (Lipinski definition) is 2. The Kier molecular flexibility index (Phi) is 4.06. The molecule has 1 fully saturated rings. The maximum Gasteiger partial charge on any atom is 0.323 e. The van der Waals surface area contributed by atoms with Crippen LogP contribution in [0, 0.1) is 10.1 Å². The topological polar surface area (TPSA) is 113 Å². The molecule has 0 aromatic heterocycles. The summed E-state index contributed by atoms with van der Waals surface area (Å²) < 4.78 is 0. The molecular weight excluding hydrogens is 278 g/mol. The van der Waals surface area contributed by atoms with Gasteiger partial charge in [-0.1, -0.05) is 0 Å². The van der Waals surface area contributed by atoms with Crippen LogP contribution in [0.25, 0.3) is 0 Å². The first-order valence-corrected chi connectivity index (χ1v) is 6.40. The number of anilines is 1. The lowest BCUT2D eigenvalue weighted by atomic mass is 10.1. The van der Waals surface area contributed by atoms with Gasteiger partial charge in [0.15, 0.2) is 0 Å². The maximum atomic E-state index is 11.9. The standard InChI is InChI=1S/C13H15N3O5/c1-15(7-12(17)18)10-5-2-8(6-11(10)16(20)21)13(19)14-9-3-4-9/h2,5-6,9H,3-4,7H2,1H3,(H,14,19)(H,17,18). The number of nitrogens with zero attached hydrogens (tertiary/aromatic N) is 2. The smallest absolute Gasteiger partial charge is 0.323 e. The van der Waals surface area contributed by atoms with Crippen LogP contribution < -0.4 is 10.2 Å². The van der Waals surface area contributed by atoms with E-state index in [4.69, 9.17) is 5.11 Å². The number of carbonyl (C=O) groups excluding carboxylic acids is 1.